The molecule has 0 amide bonds. The number of nitrogens with one attached hydrogen (secondary N) is 1. The summed E-state index contributed by atoms with van der Waals surface area (Å²) in [4.78, 5) is 4.34. The Labute approximate surface area is 110 Å². The van der Waals surface area contributed by atoms with E-state index >= 15 is 0 Å². The molecule has 0 radical (unpaired) electrons. The highest BCUT2D eigenvalue weighted by molar-refractivity contribution is 5.07. The molecular formula is C15H24N2O. The minimum atomic E-state index is -0.514. The van der Waals surface area contributed by atoms with Crippen LogP contribution in [-0.4, -0.2) is 22.2 Å². The van der Waals surface area contributed by atoms with Gasteiger partial charge in [-0.3, -0.25) is 4.98 Å². The third kappa shape index (κ3) is 3.79. The van der Waals surface area contributed by atoms with Crippen molar-refractivity contribution >= 4 is 0 Å². The van der Waals surface area contributed by atoms with Crippen molar-refractivity contribution in [2.24, 2.45) is 0 Å². The minimum Gasteiger partial charge on any atom is -0.389 e. The first-order chi connectivity index (χ1) is 8.70. The Morgan fingerprint density at radius 1 is 1.28 bits per heavy atom. The molecule has 0 aromatic carbocycles. The highest BCUT2D eigenvalue weighted by Gasteiger charge is 2.28. The van der Waals surface area contributed by atoms with Crippen molar-refractivity contribution in [3.63, 3.8) is 0 Å². The van der Waals surface area contributed by atoms with Gasteiger partial charge in [-0.1, -0.05) is 31.7 Å². The number of nitrogens with zero attached hydrogens (tertiary/aromatic N) is 1. The summed E-state index contributed by atoms with van der Waals surface area (Å²) in [5.74, 6) is 0. The number of aliphatic hydroxyl groups is 1. The predicted octanol–water partition coefficient (Wildman–Crippen LogP) is 2.82. The van der Waals surface area contributed by atoms with Crippen molar-refractivity contribution in [2.45, 2.75) is 57.1 Å². The van der Waals surface area contributed by atoms with Crippen molar-refractivity contribution in [1.29, 1.82) is 0 Å². The zero-order valence-corrected chi connectivity index (χ0v) is 11.2. The van der Waals surface area contributed by atoms with Gasteiger partial charge in [0, 0.05) is 18.8 Å². The van der Waals surface area contributed by atoms with Crippen LogP contribution < -0.4 is 5.32 Å². The van der Waals surface area contributed by atoms with Crippen LogP contribution in [0.4, 0.5) is 0 Å². The van der Waals surface area contributed by atoms with E-state index in [-0.39, 0.29) is 6.04 Å². The summed E-state index contributed by atoms with van der Waals surface area (Å²) < 4.78 is 0. The van der Waals surface area contributed by atoms with Crippen LogP contribution in [0, 0.1) is 0 Å². The molecule has 1 aliphatic rings. The van der Waals surface area contributed by atoms with Gasteiger partial charge in [-0.25, -0.2) is 0 Å². The molecule has 0 saturated heterocycles. The Bertz CT molecular complexity index is 345. The van der Waals surface area contributed by atoms with Gasteiger partial charge in [0.25, 0.3) is 0 Å². The molecule has 2 rings (SSSR count). The number of aromatic nitrogens is 1. The SMILES string of the molecule is CC(NCC1(O)CCCCCC1)c1ccccn1. The van der Waals surface area contributed by atoms with Gasteiger partial charge in [0.05, 0.1) is 11.3 Å². The molecule has 1 heterocycles. The highest BCUT2D eigenvalue weighted by atomic mass is 16.3. The lowest BCUT2D eigenvalue weighted by molar-refractivity contribution is 0.0230. The smallest absolute Gasteiger partial charge is 0.0771 e. The number of pyridine rings is 1. The van der Waals surface area contributed by atoms with Crippen molar-refractivity contribution in [3.8, 4) is 0 Å². The van der Waals surface area contributed by atoms with Crippen molar-refractivity contribution in [3.05, 3.63) is 30.1 Å². The second-order valence-corrected chi connectivity index (χ2v) is 5.50. The molecule has 2 N–H and O–H groups in total. The van der Waals surface area contributed by atoms with Gasteiger partial charge in [0.15, 0.2) is 0 Å². The summed E-state index contributed by atoms with van der Waals surface area (Å²) in [6.45, 7) is 2.77. The lowest BCUT2D eigenvalue weighted by Crippen LogP contribution is -2.41. The van der Waals surface area contributed by atoms with Gasteiger partial charge in [-0.15, -0.1) is 0 Å². The molecule has 0 aliphatic heterocycles. The molecule has 3 nitrogen and oxygen atoms in total. The lowest BCUT2D eigenvalue weighted by Gasteiger charge is -2.28. The van der Waals surface area contributed by atoms with E-state index in [0.717, 1.165) is 31.4 Å². The van der Waals surface area contributed by atoms with Gasteiger partial charge < -0.3 is 10.4 Å². The van der Waals surface area contributed by atoms with Crippen molar-refractivity contribution in [1.82, 2.24) is 10.3 Å². The van der Waals surface area contributed by atoms with Gasteiger partial charge >= 0.3 is 0 Å². The van der Waals surface area contributed by atoms with Gasteiger partial charge in [0.2, 0.25) is 0 Å². The first-order valence-corrected chi connectivity index (χ1v) is 7.06. The lowest BCUT2D eigenvalue weighted by atomic mass is 9.94. The van der Waals surface area contributed by atoms with Crippen LogP contribution in [0.1, 0.15) is 57.2 Å². The van der Waals surface area contributed by atoms with Crippen LogP contribution >= 0.6 is 0 Å². The third-order valence-corrected chi connectivity index (χ3v) is 3.90. The van der Waals surface area contributed by atoms with Crippen molar-refractivity contribution < 1.29 is 5.11 Å². The molecule has 1 aromatic heterocycles. The second-order valence-electron chi connectivity index (χ2n) is 5.50. The normalized spacial score (nSPS) is 21.2. The van der Waals surface area contributed by atoms with E-state index in [2.05, 4.69) is 17.2 Å². The average Bonchev–Trinajstić information content (AvgIpc) is 2.62. The van der Waals surface area contributed by atoms with Crippen molar-refractivity contribution in [2.75, 3.05) is 6.54 Å². The number of hydrogen-bond acceptors (Lipinski definition) is 3. The Morgan fingerprint density at radius 2 is 2.00 bits per heavy atom. The zero-order chi connectivity index (χ0) is 12.8. The maximum Gasteiger partial charge on any atom is 0.0771 e. The molecular weight excluding hydrogens is 224 g/mol. The number of rotatable bonds is 4. The molecule has 1 aliphatic carbocycles. The maximum atomic E-state index is 10.6. The third-order valence-electron chi connectivity index (χ3n) is 3.90. The largest absolute Gasteiger partial charge is 0.389 e. The highest BCUT2D eigenvalue weighted by Crippen LogP contribution is 2.27. The maximum absolute atomic E-state index is 10.6. The first kappa shape index (κ1) is 13.5. The van der Waals surface area contributed by atoms with E-state index in [1.54, 1.807) is 0 Å². The monoisotopic (exact) mass is 248 g/mol. The molecule has 1 saturated carbocycles. The second kappa shape index (κ2) is 6.30. The predicted molar refractivity (Wildman–Crippen MR) is 73.3 cm³/mol. The van der Waals surface area contributed by atoms with Gasteiger partial charge in [0.1, 0.15) is 0 Å². The van der Waals surface area contributed by atoms with Crippen LogP contribution in [0.15, 0.2) is 24.4 Å². The summed E-state index contributed by atoms with van der Waals surface area (Å²) in [6, 6.07) is 6.14. The quantitative estimate of drug-likeness (QED) is 0.805. The number of hydrogen-bond donors (Lipinski definition) is 2. The van der Waals surface area contributed by atoms with Gasteiger partial charge in [-0.2, -0.15) is 0 Å². The fourth-order valence-corrected chi connectivity index (χ4v) is 2.64. The molecule has 1 unspecified atom stereocenters. The average molecular weight is 248 g/mol. The summed E-state index contributed by atoms with van der Waals surface area (Å²) in [6.07, 6.45) is 8.49. The molecule has 0 bridgehead atoms. The van der Waals surface area contributed by atoms with E-state index in [0.29, 0.717) is 6.54 Å². The molecule has 1 aromatic rings. The Morgan fingerprint density at radius 3 is 2.61 bits per heavy atom. The molecule has 1 fully saturated rings. The van der Waals surface area contributed by atoms with Gasteiger partial charge in [-0.05, 0) is 31.9 Å². The fourth-order valence-electron chi connectivity index (χ4n) is 2.64. The summed E-state index contributed by atoms with van der Waals surface area (Å²) in [5, 5.41) is 14.0. The van der Waals surface area contributed by atoms with E-state index < -0.39 is 5.60 Å². The standard InChI is InChI=1S/C15H24N2O/c1-13(14-8-4-7-11-16-14)17-12-15(18)9-5-2-3-6-10-15/h4,7-8,11,13,17-18H,2-3,5-6,9-10,12H2,1H3. The Kier molecular flexibility index (Phi) is 4.72. The molecule has 3 heteroatoms. The first-order valence-electron chi connectivity index (χ1n) is 7.06. The summed E-state index contributed by atoms with van der Waals surface area (Å²) >= 11 is 0. The van der Waals surface area contributed by atoms with E-state index in [1.165, 1.54) is 12.8 Å². The van der Waals surface area contributed by atoms with E-state index in [1.807, 2.05) is 24.4 Å². The van der Waals surface area contributed by atoms with Crippen LogP contribution in [0.25, 0.3) is 0 Å². The topological polar surface area (TPSA) is 45.1 Å². The van der Waals surface area contributed by atoms with E-state index in [4.69, 9.17) is 0 Å². The van der Waals surface area contributed by atoms with Crippen LogP contribution in [-0.2, 0) is 0 Å². The molecule has 0 spiro atoms. The van der Waals surface area contributed by atoms with Crippen LogP contribution in [0.5, 0.6) is 0 Å². The van der Waals surface area contributed by atoms with Crippen LogP contribution in [0.2, 0.25) is 0 Å². The zero-order valence-electron chi connectivity index (χ0n) is 11.2. The molecule has 1 atom stereocenters. The molecule has 100 valence electrons. The summed E-state index contributed by atoms with van der Waals surface area (Å²) in [5.41, 5.74) is 0.522. The molecule has 18 heavy (non-hydrogen) atoms. The summed E-state index contributed by atoms with van der Waals surface area (Å²) in [7, 11) is 0. The van der Waals surface area contributed by atoms with Crippen LogP contribution in [0.3, 0.4) is 0 Å². The Hall–Kier alpha value is -0.930. The fraction of sp³-hybridized carbons (Fsp3) is 0.667. The van der Waals surface area contributed by atoms with E-state index in [9.17, 15) is 5.11 Å². The minimum absolute atomic E-state index is 0.193. The Balaban J connectivity index is 1.86.